The molecular formula is C14H18FNO3S. The summed E-state index contributed by atoms with van der Waals surface area (Å²) in [6.07, 6.45) is 2.92. The van der Waals surface area contributed by atoms with E-state index in [9.17, 15) is 19.1 Å². The van der Waals surface area contributed by atoms with Crippen LogP contribution in [-0.2, 0) is 9.59 Å². The number of rotatable bonds is 7. The summed E-state index contributed by atoms with van der Waals surface area (Å²) in [5.41, 5.74) is 0.722. The van der Waals surface area contributed by atoms with Crippen LogP contribution in [0, 0.1) is 12.7 Å². The summed E-state index contributed by atoms with van der Waals surface area (Å²) in [5.74, 6) is -1.02. The molecule has 0 aliphatic carbocycles. The topological polar surface area (TPSA) is 66.4 Å². The monoisotopic (exact) mass is 299 g/mol. The van der Waals surface area contributed by atoms with E-state index in [2.05, 4.69) is 5.32 Å². The highest BCUT2D eigenvalue weighted by Crippen LogP contribution is 2.17. The number of aryl methyl sites for hydroxylation is 1. The predicted molar refractivity (Wildman–Crippen MR) is 77.3 cm³/mol. The normalized spacial score (nSPS) is 11.9. The number of carbonyl (C=O) groups excluding carboxylic acids is 1. The van der Waals surface area contributed by atoms with Gasteiger partial charge in [-0.1, -0.05) is 12.1 Å². The molecule has 0 spiro atoms. The van der Waals surface area contributed by atoms with Crippen LogP contribution >= 0.6 is 11.8 Å². The molecule has 0 aromatic heterocycles. The number of amides is 1. The third kappa shape index (κ3) is 4.85. The predicted octanol–water partition coefficient (Wildman–Crippen LogP) is 2.52. The fraction of sp³-hybridized carbons (Fsp3) is 0.429. The number of carbonyl (C=O) groups is 2. The van der Waals surface area contributed by atoms with Gasteiger partial charge in [0.25, 0.3) is 0 Å². The molecule has 110 valence electrons. The molecule has 0 saturated carbocycles. The zero-order valence-electron chi connectivity index (χ0n) is 11.5. The molecule has 0 aliphatic heterocycles. The molecule has 4 nitrogen and oxygen atoms in total. The average Bonchev–Trinajstić information content (AvgIpc) is 2.39. The lowest BCUT2D eigenvalue weighted by Crippen LogP contribution is -2.33. The van der Waals surface area contributed by atoms with Crippen LogP contribution < -0.4 is 5.32 Å². The summed E-state index contributed by atoms with van der Waals surface area (Å²) in [6.45, 7) is 1.55. The Bertz CT molecular complexity index is 493. The fourth-order valence-electron chi connectivity index (χ4n) is 1.75. The highest BCUT2D eigenvalue weighted by molar-refractivity contribution is 7.98. The lowest BCUT2D eigenvalue weighted by atomic mass is 10.0. The summed E-state index contributed by atoms with van der Waals surface area (Å²) >= 11 is 1.63. The van der Waals surface area contributed by atoms with Crippen LogP contribution in [0.4, 0.5) is 4.39 Å². The Balaban J connectivity index is 2.76. The lowest BCUT2D eigenvalue weighted by Gasteiger charge is -2.15. The van der Waals surface area contributed by atoms with Crippen molar-refractivity contribution in [2.45, 2.75) is 25.8 Å². The van der Waals surface area contributed by atoms with Gasteiger partial charge < -0.3 is 10.4 Å². The van der Waals surface area contributed by atoms with Crippen LogP contribution in [0.3, 0.4) is 0 Å². The molecule has 1 aromatic rings. The smallest absolute Gasteiger partial charge is 0.330 e. The molecule has 20 heavy (non-hydrogen) atoms. The number of benzene rings is 1. The van der Waals surface area contributed by atoms with Crippen molar-refractivity contribution in [1.82, 2.24) is 5.32 Å². The second kappa shape index (κ2) is 7.89. The van der Waals surface area contributed by atoms with Crippen LogP contribution in [0.25, 0.3) is 0 Å². The second-order valence-corrected chi connectivity index (χ2v) is 5.43. The van der Waals surface area contributed by atoms with Gasteiger partial charge in [-0.15, -0.1) is 0 Å². The molecule has 1 amide bonds. The minimum absolute atomic E-state index is 0.283. The van der Waals surface area contributed by atoms with Gasteiger partial charge in [0.15, 0.2) is 6.04 Å². The van der Waals surface area contributed by atoms with Crippen molar-refractivity contribution in [3.05, 3.63) is 35.1 Å². The van der Waals surface area contributed by atoms with Gasteiger partial charge in [-0.05, 0) is 42.5 Å². The summed E-state index contributed by atoms with van der Waals surface area (Å²) in [5, 5.41) is 11.7. The van der Waals surface area contributed by atoms with Crippen LogP contribution in [0.1, 0.15) is 30.0 Å². The fourth-order valence-corrected chi connectivity index (χ4v) is 2.18. The molecule has 0 fully saturated rings. The van der Waals surface area contributed by atoms with Crippen molar-refractivity contribution in [2.75, 3.05) is 12.0 Å². The summed E-state index contributed by atoms with van der Waals surface area (Å²) in [7, 11) is 0. The van der Waals surface area contributed by atoms with Crippen molar-refractivity contribution in [1.29, 1.82) is 0 Å². The van der Waals surface area contributed by atoms with Gasteiger partial charge in [0.2, 0.25) is 5.91 Å². The number of aliphatic carboxylic acids is 1. The van der Waals surface area contributed by atoms with E-state index in [0.29, 0.717) is 17.5 Å². The summed E-state index contributed by atoms with van der Waals surface area (Å²) in [6, 6.07) is 2.89. The van der Waals surface area contributed by atoms with E-state index in [1.54, 1.807) is 18.7 Å². The maximum atomic E-state index is 13.2. The molecular weight excluding hydrogens is 281 g/mol. The maximum Gasteiger partial charge on any atom is 0.330 e. The number of thioether (sulfide) groups is 1. The summed E-state index contributed by atoms with van der Waals surface area (Å²) < 4.78 is 13.2. The van der Waals surface area contributed by atoms with E-state index in [4.69, 9.17) is 0 Å². The van der Waals surface area contributed by atoms with E-state index in [1.807, 2.05) is 6.26 Å². The molecule has 0 bridgehead atoms. The SMILES string of the molecule is CSCCCC(=O)NC(C(=O)O)c1ccc(F)c(C)c1. The standard InChI is InChI=1S/C14H18FNO3S/c1-9-8-10(5-6-11(9)15)13(14(18)19)16-12(17)4-3-7-20-2/h5-6,8,13H,3-4,7H2,1-2H3,(H,16,17)(H,18,19). The Hall–Kier alpha value is -1.56. The molecule has 0 radical (unpaired) electrons. The zero-order chi connectivity index (χ0) is 15.1. The molecule has 6 heteroatoms. The molecule has 0 heterocycles. The maximum absolute atomic E-state index is 13.2. The first-order valence-corrected chi connectivity index (χ1v) is 7.62. The Morgan fingerprint density at radius 1 is 1.45 bits per heavy atom. The van der Waals surface area contributed by atoms with Crippen molar-refractivity contribution < 1.29 is 19.1 Å². The third-order valence-corrected chi connectivity index (χ3v) is 3.52. The number of carboxylic acid groups (broad SMARTS) is 1. The number of hydrogen-bond donors (Lipinski definition) is 2. The van der Waals surface area contributed by atoms with Crippen LogP contribution in [0.2, 0.25) is 0 Å². The van der Waals surface area contributed by atoms with Crippen molar-refractivity contribution in [3.63, 3.8) is 0 Å². The molecule has 1 aromatic carbocycles. The number of halogens is 1. The van der Waals surface area contributed by atoms with Crippen LogP contribution in [0.15, 0.2) is 18.2 Å². The minimum Gasteiger partial charge on any atom is -0.479 e. The van der Waals surface area contributed by atoms with Gasteiger partial charge in [0.1, 0.15) is 5.82 Å². The highest BCUT2D eigenvalue weighted by Gasteiger charge is 2.22. The Morgan fingerprint density at radius 2 is 2.15 bits per heavy atom. The van der Waals surface area contributed by atoms with Gasteiger partial charge >= 0.3 is 5.97 Å². The van der Waals surface area contributed by atoms with Crippen molar-refractivity contribution >= 4 is 23.6 Å². The number of nitrogens with one attached hydrogen (secondary N) is 1. The van der Waals surface area contributed by atoms with E-state index >= 15 is 0 Å². The largest absolute Gasteiger partial charge is 0.479 e. The Labute approximate surface area is 121 Å². The first-order chi connectivity index (χ1) is 9.45. The van der Waals surface area contributed by atoms with Gasteiger partial charge in [-0.3, -0.25) is 4.79 Å². The van der Waals surface area contributed by atoms with E-state index in [0.717, 1.165) is 5.75 Å². The molecule has 1 unspecified atom stereocenters. The molecule has 1 atom stereocenters. The van der Waals surface area contributed by atoms with Gasteiger partial charge in [-0.25, -0.2) is 9.18 Å². The average molecular weight is 299 g/mol. The quantitative estimate of drug-likeness (QED) is 0.759. The van der Waals surface area contributed by atoms with Crippen LogP contribution in [-0.4, -0.2) is 29.0 Å². The summed E-state index contributed by atoms with van der Waals surface area (Å²) in [4.78, 5) is 22.9. The van der Waals surface area contributed by atoms with Crippen molar-refractivity contribution in [2.24, 2.45) is 0 Å². The van der Waals surface area contributed by atoms with Crippen LogP contribution in [0.5, 0.6) is 0 Å². The van der Waals surface area contributed by atoms with Crippen molar-refractivity contribution in [3.8, 4) is 0 Å². The molecule has 2 N–H and O–H groups in total. The van der Waals surface area contributed by atoms with E-state index < -0.39 is 17.8 Å². The molecule has 0 aliphatic rings. The van der Waals surface area contributed by atoms with E-state index in [-0.39, 0.29) is 12.3 Å². The Kier molecular flexibility index (Phi) is 6.51. The first kappa shape index (κ1) is 16.5. The third-order valence-electron chi connectivity index (χ3n) is 2.82. The number of hydrogen-bond acceptors (Lipinski definition) is 3. The number of carboxylic acids is 1. The molecule has 1 rings (SSSR count). The van der Waals surface area contributed by atoms with Gasteiger partial charge in [-0.2, -0.15) is 11.8 Å². The van der Waals surface area contributed by atoms with Gasteiger partial charge in [0.05, 0.1) is 0 Å². The first-order valence-electron chi connectivity index (χ1n) is 6.23. The lowest BCUT2D eigenvalue weighted by molar-refractivity contribution is -0.142. The molecule has 0 saturated heterocycles. The Morgan fingerprint density at radius 3 is 2.70 bits per heavy atom. The highest BCUT2D eigenvalue weighted by atomic mass is 32.2. The van der Waals surface area contributed by atoms with E-state index in [1.165, 1.54) is 18.2 Å². The minimum atomic E-state index is -1.16. The zero-order valence-corrected chi connectivity index (χ0v) is 12.3. The second-order valence-electron chi connectivity index (χ2n) is 4.44. The van der Waals surface area contributed by atoms with Gasteiger partial charge in [0, 0.05) is 6.42 Å².